The van der Waals surface area contributed by atoms with Crippen molar-refractivity contribution in [1.82, 2.24) is 0 Å². The van der Waals surface area contributed by atoms with Crippen molar-refractivity contribution in [2.75, 3.05) is 0 Å². The van der Waals surface area contributed by atoms with Gasteiger partial charge < -0.3 is 16.2 Å². The van der Waals surface area contributed by atoms with Crippen LogP contribution in [-0.4, -0.2) is 0 Å². The van der Waals surface area contributed by atoms with Crippen LogP contribution in [0, 0.1) is 0 Å². The van der Waals surface area contributed by atoms with E-state index < -0.39 is 5.66 Å². The molecule has 2 aromatic rings. The van der Waals surface area contributed by atoms with Gasteiger partial charge in [0, 0.05) is 5.56 Å². The molecule has 0 bridgehead atoms. The van der Waals surface area contributed by atoms with E-state index in [1.165, 1.54) is 0 Å². The van der Waals surface area contributed by atoms with E-state index in [-0.39, 0.29) is 0 Å². The summed E-state index contributed by atoms with van der Waals surface area (Å²) in [7, 11) is 0. The highest BCUT2D eigenvalue weighted by Crippen LogP contribution is 2.51. The molecule has 3 nitrogen and oxygen atoms in total. The van der Waals surface area contributed by atoms with Gasteiger partial charge in [0.15, 0.2) is 11.5 Å². The maximum absolute atomic E-state index is 6.40. The van der Waals surface area contributed by atoms with Crippen molar-refractivity contribution >= 4 is 0 Å². The second-order valence-corrected chi connectivity index (χ2v) is 5.01. The van der Waals surface area contributed by atoms with Crippen LogP contribution in [0.25, 0.3) is 0 Å². The predicted octanol–water partition coefficient (Wildman–Crippen LogP) is 2.86. The third-order valence-corrected chi connectivity index (χ3v) is 3.59. The molecule has 0 radical (unpaired) electrons. The molecule has 0 aliphatic carbocycles. The van der Waals surface area contributed by atoms with E-state index in [4.69, 9.17) is 16.2 Å². The average Bonchev–Trinajstić information content (AvgIpc) is 3.20. The Kier molecular flexibility index (Phi) is 2.81. The number of hydrogen-bond donors (Lipinski definition) is 2. The maximum Gasteiger partial charge on any atom is 0.173 e. The van der Waals surface area contributed by atoms with Crippen LogP contribution >= 0.6 is 0 Å². The number of rotatable bonds is 4. The minimum atomic E-state index is -0.979. The summed E-state index contributed by atoms with van der Waals surface area (Å²) in [5.74, 6) is 1.92. The first kappa shape index (κ1) is 12.2. The van der Waals surface area contributed by atoms with Crippen LogP contribution in [0.2, 0.25) is 0 Å². The molecule has 98 valence electrons. The molecule has 0 aromatic heterocycles. The van der Waals surface area contributed by atoms with E-state index in [0.717, 1.165) is 41.0 Å². The van der Waals surface area contributed by atoms with Crippen LogP contribution in [-0.2, 0) is 12.1 Å². The average molecular weight is 254 g/mol. The summed E-state index contributed by atoms with van der Waals surface area (Å²) in [6.45, 7) is 2.14. The molecule has 0 saturated carbocycles. The summed E-state index contributed by atoms with van der Waals surface area (Å²) in [5.41, 5.74) is 14.8. The maximum atomic E-state index is 6.40. The Morgan fingerprint density at radius 3 is 2.47 bits per heavy atom. The zero-order chi connectivity index (χ0) is 13.5. The molecule has 0 saturated heterocycles. The second-order valence-electron chi connectivity index (χ2n) is 5.01. The summed E-state index contributed by atoms with van der Waals surface area (Å²) < 4.78 is 5.48. The smallest absolute Gasteiger partial charge is 0.173 e. The first-order valence-electron chi connectivity index (χ1n) is 6.62. The SMILES string of the molecule is CCCc1c(C(N)(N)c2ccccc2)ccc2c1O2. The summed E-state index contributed by atoms with van der Waals surface area (Å²) in [6, 6.07) is 13.7. The summed E-state index contributed by atoms with van der Waals surface area (Å²) in [5, 5.41) is 0. The lowest BCUT2D eigenvalue weighted by atomic mass is 9.88. The van der Waals surface area contributed by atoms with Gasteiger partial charge in [-0.2, -0.15) is 0 Å². The fraction of sp³-hybridized carbons (Fsp3) is 0.250. The van der Waals surface area contributed by atoms with Crippen molar-refractivity contribution < 1.29 is 4.74 Å². The first-order chi connectivity index (χ1) is 9.14. The lowest BCUT2D eigenvalue weighted by Crippen LogP contribution is -2.47. The largest absolute Gasteiger partial charge is 0.449 e. The van der Waals surface area contributed by atoms with Crippen molar-refractivity contribution in [2.24, 2.45) is 11.5 Å². The van der Waals surface area contributed by atoms with Crippen LogP contribution in [0.1, 0.15) is 30.0 Å². The zero-order valence-corrected chi connectivity index (χ0v) is 11.0. The minimum Gasteiger partial charge on any atom is -0.449 e. The van der Waals surface area contributed by atoms with Gasteiger partial charge >= 0.3 is 0 Å². The molecular weight excluding hydrogens is 236 g/mol. The lowest BCUT2D eigenvalue weighted by molar-refractivity contribution is 0.557. The number of ether oxygens (including phenoxy) is 1. The van der Waals surface area contributed by atoms with Crippen molar-refractivity contribution in [1.29, 1.82) is 0 Å². The molecule has 0 spiro atoms. The molecule has 19 heavy (non-hydrogen) atoms. The Hall–Kier alpha value is -1.84. The predicted molar refractivity (Wildman–Crippen MR) is 76.1 cm³/mol. The van der Waals surface area contributed by atoms with Crippen LogP contribution < -0.4 is 16.2 Å². The van der Waals surface area contributed by atoms with E-state index >= 15 is 0 Å². The molecule has 0 fully saturated rings. The number of benzene rings is 2. The van der Waals surface area contributed by atoms with E-state index in [1.807, 2.05) is 42.5 Å². The molecule has 0 unspecified atom stereocenters. The molecule has 3 rings (SSSR count). The van der Waals surface area contributed by atoms with Gasteiger partial charge in [-0.05, 0) is 23.6 Å². The molecule has 4 N–H and O–H groups in total. The molecule has 1 aliphatic heterocycles. The Morgan fingerprint density at radius 1 is 1.05 bits per heavy atom. The fourth-order valence-electron chi connectivity index (χ4n) is 2.54. The summed E-state index contributed by atoms with van der Waals surface area (Å²) >= 11 is 0. The summed E-state index contributed by atoms with van der Waals surface area (Å²) in [6.07, 6.45) is 1.97. The van der Waals surface area contributed by atoms with Crippen molar-refractivity contribution in [3.8, 4) is 11.5 Å². The Bertz CT molecular complexity index is 606. The molecule has 1 aliphatic rings. The van der Waals surface area contributed by atoms with Crippen molar-refractivity contribution in [2.45, 2.75) is 25.4 Å². The normalized spacial score (nSPS) is 12.8. The first-order valence-corrected chi connectivity index (χ1v) is 6.62. The highest BCUT2D eigenvalue weighted by atomic mass is 16.6. The molecular formula is C16H18N2O. The lowest BCUT2D eigenvalue weighted by Gasteiger charge is -2.27. The van der Waals surface area contributed by atoms with Gasteiger partial charge in [0.2, 0.25) is 0 Å². The molecule has 0 atom stereocenters. The quantitative estimate of drug-likeness (QED) is 0.556. The Balaban J connectivity index is 2.09. The zero-order valence-electron chi connectivity index (χ0n) is 11.0. The number of nitrogens with two attached hydrogens (primary N) is 2. The van der Waals surface area contributed by atoms with Gasteiger partial charge in [-0.15, -0.1) is 0 Å². The standard InChI is InChI=1S/C16H18N2O/c1-2-6-12-13(9-10-14-15(12)19-14)16(17,18)11-7-4-3-5-8-11/h3-5,7-10H,2,6,17-18H2,1H3. The Morgan fingerprint density at radius 2 is 1.79 bits per heavy atom. The van der Waals surface area contributed by atoms with Crippen LogP contribution in [0.3, 0.4) is 0 Å². The van der Waals surface area contributed by atoms with Gasteiger partial charge in [-0.1, -0.05) is 49.7 Å². The van der Waals surface area contributed by atoms with Crippen LogP contribution in [0.15, 0.2) is 42.5 Å². The number of hydrogen-bond acceptors (Lipinski definition) is 3. The number of fused-ring (bicyclic) bond motifs is 1. The third kappa shape index (κ3) is 2.01. The van der Waals surface area contributed by atoms with E-state index in [0.29, 0.717) is 0 Å². The van der Waals surface area contributed by atoms with Crippen molar-refractivity contribution in [3.63, 3.8) is 0 Å². The van der Waals surface area contributed by atoms with E-state index in [2.05, 4.69) is 6.92 Å². The van der Waals surface area contributed by atoms with Gasteiger partial charge in [-0.25, -0.2) is 0 Å². The van der Waals surface area contributed by atoms with Gasteiger partial charge in [0.25, 0.3) is 0 Å². The topological polar surface area (TPSA) is 64.6 Å². The van der Waals surface area contributed by atoms with Gasteiger partial charge in [-0.3, -0.25) is 0 Å². The van der Waals surface area contributed by atoms with Gasteiger partial charge in [0.05, 0.1) is 0 Å². The summed E-state index contributed by atoms with van der Waals surface area (Å²) in [4.78, 5) is 0. The molecule has 3 heteroatoms. The van der Waals surface area contributed by atoms with Crippen LogP contribution in [0.5, 0.6) is 11.5 Å². The monoisotopic (exact) mass is 254 g/mol. The van der Waals surface area contributed by atoms with Crippen molar-refractivity contribution in [3.05, 3.63) is 59.2 Å². The van der Waals surface area contributed by atoms with E-state index in [9.17, 15) is 0 Å². The van der Waals surface area contributed by atoms with Gasteiger partial charge in [0.1, 0.15) is 5.66 Å². The highest BCUT2D eigenvalue weighted by Gasteiger charge is 2.34. The van der Waals surface area contributed by atoms with Crippen LogP contribution in [0.4, 0.5) is 0 Å². The highest BCUT2D eigenvalue weighted by molar-refractivity contribution is 5.64. The van der Waals surface area contributed by atoms with E-state index in [1.54, 1.807) is 0 Å². The molecule has 2 aromatic carbocycles. The fourth-order valence-corrected chi connectivity index (χ4v) is 2.54. The third-order valence-electron chi connectivity index (χ3n) is 3.59. The minimum absolute atomic E-state index is 0.910. The second kappa shape index (κ2) is 4.37. The Labute approximate surface area is 113 Å². The molecule has 0 amide bonds. The molecule has 1 heterocycles.